The van der Waals surface area contributed by atoms with E-state index < -0.39 is 46.9 Å². The monoisotopic (exact) mass is 423 g/mol. The highest BCUT2D eigenvalue weighted by Crippen LogP contribution is 2.30. The molecule has 10 nitrogen and oxygen atoms in total. The van der Waals surface area contributed by atoms with Gasteiger partial charge in [-0.3, -0.25) is 4.55 Å². The standard InChI is InChI=1S/C15H21NO9S2/c17-8-10-12(18)13(19)14(20)15(24-10)26-11(16-25-27(21,22)23)7-6-9-4-2-1-3-5-9/h1-5,10,12-15,17-20H,6-8H2,(H,21,22,23)/t10-,12+,13-,14+,15-/m0/s1. The lowest BCUT2D eigenvalue weighted by molar-refractivity contribution is -0.205. The van der Waals surface area contributed by atoms with Crippen molar-refractivity contribution in [3.63, 3.8) is 0 Å². The van der Waals surface area contributed by atoms with Crippen LogP contribution in [0, 0.1) is 0 Å². The number of aliphatic hydroxyl groups is 4. The molecule has 0 spiro atoms. The number of rotatable bonds is 7. The fourth-order valence-corrected chi connectivity index (χ4v) is 3.71. The van der Waals surface area contributed by atoms with E-state index in [9.17, 15) is 28.8 Å². The number of hydrogen-bond donors (Lipinski definition) is 5. The summed E-state index contributed by atoms with van der Waals surface area (Å²) in [7, 11) is -4.82. The molecule has 1 aromatic rings. The maximum atomic E-state index is 10.8. The summed E-state index contributed by atoms with van der Waals surface area (Å²) in [5.74, 6) is 0. The molecule has 0 saturated carbocycles. The first-order chi connectivity index (χ1) is 12.7. The molecule has 0 aromatic heterocycles. The number of aryl methyl sites for hydroxylation is 1. The van der Waals surface area contributed by atoms with E-state index in [0.29, 0.717) is 6.42 Å². The molecule has 27 heavy (non-hydrogen) atoms. The normalized spacial score (nSPS) is 29.5. The summed E-state index contributed by atoms with van der Waals surface area (Å²) in [5, 5.41) is 42.4. The van der Waals surface area contributed by atoms with Crippen molar-refractivity contribution in [2.24, 2.45) is 5.16 Å². The van der Waals surface area contributed by atoms with Crippen molar-refractivity contribution in [1.29, 1.82) is 0 Å². The minimum absolute atomic E-state index is 0.0563. The van der Waals surface area contributed by atoms with Gasteiger partial charge in [0.05, 0.1) is 6.61 Å². The van der Waals surface area contributed by atoms with Crippen LogP contribution in [-0.2, 0) is 25.8 Å². The lowest BCUT2D eigenvalue weighted by atomic mass is 10.0. The number of hydrogen-bond acceptors (Lipinski definition) is 10. The number of oxime groups is 1. The second-order valence-corrected chi connectivity index (χ2v) is 7.96. The highest BCUT2D eigenvalue weighted by Gasteiger charge is 2.44. The van der Waals surface area contributed by atoms with Crippen molar-refractivity contribution in [1.82, 2.24) is 0 Å². The Labute approximate surface area is 160 Å². The number of ether oxygens (including phenoxy) is 1. The fraction of sp³-hybridized carbons (Fsp3) is 0.533. The van der Waals surface area contributed by atoms with Crippen molar-refractivity contribution in [2.45, 2.75) is 42.7 Å². The first-order valence-corrected chi connectivity index (χ1v) is 10.2. The van der Waals surface area contributed by atoms with E-state index in [1.807, 2.05) is 30.3 Å². The molecule has 1 aliphatic rings. The van der Waals surface area contributed by atoms with E-state index in [1.165, 1.54) is 0 Å². The van der Waals surface area contributed by atoms with Gasteiger partial charge in [0.15, 0.2) is 0 Å². The average molecular weight is 423 g/mol. The molecule has 1 aromatic carbocycles. The maximum Gasteiger partial charge on any atom is 0.466 e. The molecule has 0 bridgehead atoms. The number of aliphatic hydroxyl groups excluding tert-OH is 4. The largest absolute Gasteiger partial charge is 0.466 e. The van der Waals surface area contributed by atoms with Crippen LogP contribution < -0.4 is 0 Å². The molecular weight excluding hydrogens is 402 g/mol. The molecule has 2 rings (SSSR count). The molecule has 0 radical (unpaired) electrons. The molecule has 1 fully saturated rings. The Morgan fingerprint density at radius 1 is 1.15 bits per heavy atom. The Morgan fingerprint density at radius 3 is 2.41 bits per heavy atom. The van der Waals surface area contributed by atoms with Gasteiger partial charge in [-0.1, -0.05) is 47.2 Å². The van der Waals surface area contributed by atoms with Crippen molar-refractivity contribution in [3.05, 3.63) is 35.9 Å². The number of benzene rings is 1. The summed E-state index contributed by atoms with van der Waals surface area (Å²) < 4.78 is 39.7. The van der Waals surface area contributed by atoms with Crippen LogP contribution in [0.25, 0.3) is 0 Å². The summed E-state index contributed by atoms with van der Waals surface area (Å²) in [6.45, 7) is -0.597. The summed E-state index contributed by atoms with van der Waals surface area (Å²) >= 11 is 0.754. The van der Waals surface area contributed by atoms with Crippen LogP contribution in [0.1, 0.15) is 12.0 Å². The highest BCUT2D eigenvalue weighted by molar-refractivity contribution is 8.14. The van der Waals surface area contributed by atoms with Crippen LogP contribution in [0.3, 0.4) is 0 Å². The summed E-state index contributed by atoms with van der Waals surface area (Å²) in [4.78, 5) is 0. The van der Waals surface area contributed by atoms with Gasteiger partial charge >= 0.3 is 10.4 Å². The van der Waals surface area contributed by atoms with Crippen LogP contribution >= 0.6 is 11.8 Å². The van der Waals surface area contributed by atoms with Crippen molar-refractivity contribution in [2.75, 3.05) is 6.61 Å². The fourth-order valence-electron chi connectivity index (χ4n) is 2.41. The Balaban J connectivity index is 2.12. The van der Waals surface area contributed by atoms with Gasteiger partial charge in [-0.25, -0.2) is 4.28 Å². The summed E-state index contributed by atoms with van der Waals surface area (Å²) in [6.07, 6.45) is -5.11. The summed E-state index contributed by atoms with van der Waals surface area (Å²) in [6, 6.07) is 9.18. The Bertz CT molecular complexity index is 726. The lowest BCUT2D eigenvalue weighted by Crippen LogP contribution is -2.57. The predicted molar refractivity (Wildman–Crippen MR) is 96.2 cm³/mol. The molecule has 1 heterocycles. The third kappa shape index (κ3) is 6.69. The van der Waals surface area contributed by atoms with E-state index in [1.54, 1.807) is 0 Å². The van der Waals surface area contributed by atoms with E-state index in [4.69, 9.17) is 9.29 Å². The van der Waals surface area contributed by atoms with Gasteiger partial charge < -0.3 is 25.2 Å². The quantitative estimate of drug-likeness (QED) is 0.163. The molecule has 152 valence electrons. The van der Waals surface area contributed by atoms with Crippen molar-refractivity contribution < 1.29 is 42.4 Å². The van der Waals surface area contributed by atoms with Gasteiger partial charge in [0.25, 0.3) is 0 Å². The molecule has 1 aliphatic heterocycles. The lowest BCUT2D eigenvalue weighted by Gasteiger charge is -2.39. The van der Waals surface area contributed by atoms with Crippen LogP contribution in [0.4, 0.5) is 0 Å². The van der Waals surface area contributed by atoms with Crippen LogP contribution in [0.5, 0.6) is 0 Å². The second kappa shape index (κ2) is 9.80. The van der Waals surface area contributed by atoms with Crippen molar-refractivity contribution in [3.8, 4) is 0 Å². The number of nitrogens with zero attached hydrogens (tertiary/aromatic N) is 1. The van der Waals surface area contributed by atoms with Gasteiger partial charge in [-0.05, 0) is 12.0 Å². The Morgan fingerprint density at radius 2 is 1.81 bits per heavy atom. The Kier molecular flexibility index (Phi) is 8.00. The van der Waals surface area contributed by atoms with Crippen LogP contribution in [0.15, 0.2) is 35.5 Å². The maximum absolute atomic E-state index is 10.8. The zero-order chi connectivity index (χ0) is 20.0. The first-order valence-electron chi connectivity index (χ1n) is 7.95. The third-order valence-electron chi connectivity index (χ3n) is 3.80. The van der Waals surface area contributed by atoms with E-state index in [2.05, 4.69) is 9.44 Å². The topological polar surface area (TPSA) is 166 Å². The molecular formula is C15H21NO9S2. The van der Waals surface area contributed by atoms with Gasteiger partial charge in [-0.2, -0.15) is 8.42 Å². The van der Waals surface area contributed by atoms with E-state index in [-0.39, 0.29) is 11.5 Å². The second-order valence-electron chi connectivity index (χ2n) is 5.79. The molecule has 0 amide bonds. The van der Waals surface area contributed by atoms with Gasteiger partial charge in [0.1, 0.15) is 34.9 Å². The highest BCUT2D eigenvalue weighted by atomic mass is 32.3. The van der Waals surface area contributed by atoms with E-state index >= 15 is 0 Å². The van der Waals surface area contributed by atoms with Gasteiger partial charge in [0, 0.05) is 6.42 Å². The number of thioether (sulfide) groups is 1. The predicted octanol–water partition coefficient (Wildman–Crippen LogP) is -0.715. The Hall–Kier alpha value is -1.25. The summed E-state index contributed by atoms with van der Waals surface area (Å²) in [5.41, 5.74) is -0.230. The third-order valence-corrected chi connectivity index (χ3v) is 5.24. The minimum Gasteiger partial charge on any atom is -0.394 e. The van der Waals surface area contributed by atoms with Crippen LogP contribution in [-0.4, -0.2) is 74.9 Å². The molecule has 1 saturated heterocycles. The smallest absolute Gasteiger partial charge is 0.394 e. The first kappa shape index (κ1) is 22.0. The molecule has 5 atom stereocenters. The molecule has 0 aliphatic carbocycles. The van der Waals surface area contributed by atoms with Crippen molar-refractivity contribution >= 4 is 27.2 Å². The average Bonchev–Trinajstić information content (AvgIpc) is 2.64. The van der Waals surface area contributed by atoms with Gasteiger partial charge in [-0.15, -0.1) is 0 Å². The SMILES string of the molecule is O=S(=O)(O)ON=C(CCc1ccccc1)S[C@@H]1O[C@@H](CO)[C@@H](O)[C@H](O)[C@H]1O. The molecule has 0 unspecified atom stereocenters. The van der Waals surface area contributed by atoms with Gasteiger partial charge in [0.2, 0.25) is 0 Å². The molecule has 12 heteroatoms. The minimum atomic E-state index is -4.82. The zero-order valence-electron chi connectivity index (χ0n) is 14.0. The van der Waals surface area contributed by atoms with Crippen LogP contribution in [0.2, 0.25) is 0 Å². The molecule has 5 N–H and O–H groups in total. The van der Waals surface area contributed by atoms with E-state index in [0.717, 1.165) is 17.3 Å². The zero-order valence-corrected chi connectivity index (χ0v) is 15.7.